The molecule has 0 unspecified atom stereocenters. The third kappa shape index (κ3) is 4.54. The maximum absolute atomic E-state index is 14.5. The molecule has 0 aliphatic carbocycles. The second kappa shape index (κ2) is 9.65. The van der Waals surface area contributed by atoms with Gasteiger partial charge in [-0.3, -0.25) is 14.2 Å². The largest absolute Gasteiger partial charge is 0.359 e. The Morgan fingerprint density at radius 1 is 1.00 bits per heavy atom. The fourth-order valence-electron chi connectivity index (χ4n) is 3.79. The quantitative estimate of drug-likeness (QED) is 0.263. The molecule has 0 atom stereocenters. The first-order chi connectivity index (χ1) is 18.0. The van der Waals surface area contributed by atoms with Crippen LogP contribution in [-0.2, 0) is 13.6 Å². The summed E-state index contributed by atoms with van der Waals surface area (Å²) in [5, 5.41) is 7.80. The Morgan fingerprint density at radius 3 is 2.47 bits per heavy atom. The molecular formula is C23H13BCl2F3N7O2. The van der Waals surface area contributed by atoms with Gasteiger partial charge < -0.3 is 5.32 Å². The van der Waals surface area contributed by atoms with Crippen LogP contribution < -0.4 is 22.3 Å². The minimum atomic E-state index is -1.40. The van der Waals surface area contributed by atoms with Crippen molar-refractivity contribution >= 4 is 59.2 Å². The molecule has 38 heavy (non-hydrogen) atoms. The van der Waals surface area contributed by atoms with Crippen molar-refractivity contribution in [1.29, 1.82) is 0 Å². The number of halogens is 5. The van der Waals surface area contributed by atoms with E-state index >= 15 is 0 Å². The Kier molecular flexibility index (Phi) is 6.49. The maximum atomic E-state index is 14.5. The lowest BCUT2D eigenvalue weighted by Gasteiger charge is -2.17. The molecule has 2 radical (unpaired) electrons. The summed E-state index contributed by atoms with van der Waals surface area (Å²) in [6.45, 7) is -0.639. The van der Waals surface area contributed by atoms with E-state index in [1.54, 1.807) is 7.05 Å². The Morgan fingerprint density at radius 2 is 1.74 bits per heavy atom. The molecule has 0 aliphatic heterocycles. The first-order valence-electron chi connectivity index (χ1n) is 10.7. The standard InChI is InChI=1S/C23H13BCl2F3N7O2/c1-34-20(24)13-4-19(14(26)5-18(13)33-34)31-21-32-22(37)36(12-3-11(25)7-30-8-12)23(38)35(21)9-10-2-16(28)17(29)6-15(10)27/h2-8H,9H2,1H3,(H,31,32,37). The van der Waals surface area contributed by atoms with Gasteiger partial charge in [0, 0.05) is 30.3 Å². The number of aromatic nitrogens is 6. The van der Waals surface area contributed by atoms with E-state index in [2.05, 4.69) is 20.4 Å². The molecule has 3 heterocycles. The summed E-state index contributed by atoms with van der Waals surface area (Å²) < 4.78 is 44.9. The fraction of sp³-hybridized carbons (Fsp3) is 0.0870. The lowest BCUT2D eigenvalue weighted by atomic mass is 9.99. The lowest BCUT2D eigenvalue weighted by Crippen LogP contribution is -2.42. The van der Waals surface area contributed by atoms with Crippen molar-refractivity contribution in [1.82, 2.24) is 28.9 Å². The van der Waals surface area contributed by atoms with Crippen molar-refractivity contribution in [3.63, 3.8) is 0 Å². The van der Waals surface area contributed by atoms with Gasteiger partial charge in [-0.05, 0) is 29.9 Å². The van der Waals surface area contributed by atoms with Gasteiger partial charge in [0.05, 0.1) is 39.7 Å². The van der Waals surface area contributed by atoms with E-state index in [9.17, 15) is 22.8 Å². The molecule has 5 rings (SSSR count). The molecule has 0 fully saturated rings. The third-order valence-corrected chi connectivity index (χ3v) is 6.17. The number of fused-ring (bicyclic) bond motifs is 1. The minimum Gasteiger partial charge on any atom is -0.324 e. The zero-order valence-corrected chi connectivity index (χ0v) is 20.7. The normalized spacial score (nSPS) is 11.3. The number of pyridine rings is 1. The van der Waals surface area contributed by atoms with Gasteiger partial charge >= 0.3 is 11.4 Å². The summed E-state index contributed by atoms with van der Waals surface area (Å²) >= 11 is 12.4. The van der Waals surface area contributed by atoms with Crippen LogP contribution in [0.3, 0.4) is 0 Å². The second-order valence-corrected chi connectivity index (χ2v) is 8.97. The number of rotatable bonds is 5. The predicted molar refractivity (Wildman–Crippen MR) is 137 cm³/mol. The van der Waals surface area contributed by atoms with Gasteiger partial charge in [0.2, 0.25) is 5.95 Å². The molecule has 0 bridgehead atoms. The Labute approximate surface area is 222 Å². The molecule has 0 saturated carbocycles. The van der Waals surface area contributed by atoms with Crippen LogP contribution in [0, 0.1) is 17.5 Å². The van der Waals surface area contributed by atoms with Crippen LogP contribution in [0.15, 0.2) is 52.3 Å². The minimum absolute atomic E-state index is 0.0198. The fourth-order valence-corrected chi connectivity index (χ4v) is 4.16. The monoisotopic (exact) mass is 557 g/mol. The van der Waals surface area contributed by atoms with E-state index in [0.29, 0.717) is 33.2 Å². The Hall–Kier alpha value is -4.10. The van der Waals surface area contributed by atoms with Gasteiger partial charge in [-0.15, -0.1) is 0 Å². The van der Waals surface area contributed by atoms with Gasteiger partial charge in [-0.1, -0.05) is 23.2 Å². The molecule has 190 valence electrons. The third-order valence-electron chi connectivity index (χ3n) is 5.65. The molecule has 3 aromatic heterocycles. The van der Waals surface area contributed by atoms with Crippen LogP contribution in [0.2, 0.25) is 10.0 Å². The number of aryl methyl sites for hydroxylation is 1. The van der Waals surface area contributed by atoms with Crippen LogP contribution in [0.25, 0.3) is 16.6 Å². The van der Waals surface area contributed by atoms with E-state index < -0.39 is 35.4 Å². The summed E-state index contributed by atoms with van der Waals surface area (Å²) in [5.41, 5.74) is -1.44. The molecule has 0 saturated heterocycles. The summed E-state index contributed by atoms with van der Waals surface area (Å²) in [6, 6.07) is 5.29. The second-order valence-electron chi connectivity index (χ2n) is 8.12. The van der Waals surface area contributed by atoms with Crippen LogP contribution in [0.1, 0.15) is 5.56 Å². The molecule has 0 spiro atoms. The molecule has 1 N–H and O–H groups in total. The van der Waals surface area contributed by atoms with E-state index in [-0.39, 0.29) is 32.9 Å². The number of benzene rings is 2. The van der Waals surface area contributed by atoms with E-state index in [1.165, 1.54) is 35.3 Å². The number of anilines is 2. The highest BCUT2D eigenvalue weighted by atomic mass is 35.5. The van der Waals surface area contributed by atoms with Crippen molar-refractivity contribution in [2.75, 3.05) is 5.32 Å². The van der Waals surface area contributed by atoms with Crippen molar-refractivity contribution in [3.8, 4) is 5.69 Å². The number of hydrogen-bond acceptors (Lipinski definition) is 6. The van der Waals surface area contributed by atoms with Crippen molar-refractivity contribution in [3.05, 3.63) is 96.8 Å². The van der Waals surface area contributed by atoms with E-state index in [0.717, 1.165) is 4.57 Å². The summed E-state index contributed by atoms with van der Waals surface area (Å²) in [7, 11) is 7.69. The summed E-state index contributed by atoms with van der Waals surface area (Å²) in [4.78, 5) is 34.3. The number of nitrogens with one attached hydrogen (secondary N) is 1. The average Bonchev–Trinajstić information content (AvgIpc) is 3.12. The molecule has 0 aliphatic rings. The predicted octanol–water partition coefficient (Wildman–Crippen LogP) is 2.99. The topological polar surface area (TPSA) is 99.6 Å². The van der Waals surface area contributed by atoms with E-state index in [4.69, 9.17) is 31.0 Å². The molecule has 9 nitrogen and oxygen atoms in total. The average molecular weight is 558 g/mol. The summed E-state index contributed by atoms with van der Waals surface area (Å²) in [6.07, 6.45) is 2.48. The molecule has 5 aromatic rings. The molecule has 2 aromatic carbocycles. The zero-order chi connectivity index (χ0) is 27.3. The summed E-state index contributed by atoms with van der Waals surface area (Å²) in [5.74, 6) is -4.21. The van der Waals surface area contributed by atoms with Gasteiger partial charge in [0.1, 0.15) is 13.7 Å². The van der Waals surface area contributed by atoms with Gasteiger partial charge in [0.25, 0.3) is 0 Å². The van der Waals surface area contributed by atoms with Gasteiger partial charge in [-0.2, -0.15) is 10.1 Å². The van der Waals surface area contributed by atoms with Gasteiger partial charge in [0.15, 0.2) is 11.6 Å². The van der Waals surface area contributed by atoms with Crippen molar-refractivity contribution < 1.29 is 13.2 Å². The number of nitrogens with zero attached hydrogens (tertiary/aromatic N) is 6. The number of hydrogen-bond donors (Lipinski definition) is 1. The Bertz CT molecular complexity index is 1870. The van der Waals surface area contributed by atoms with Crippen LogP contribution in [0.5, 0.6) is 0 Å². The zero-order valence-electron chi connectivity index (χ0n) is 19.2. The maximum Gasteiger partial charge on any atom is 0.359 e. The molecule has 15 heteroatoms. The molecule has 0 amide bonds. The highest BCUT2D eigenvalue weighted by Gasteiger charge is 2.20. The SMILES string of the molecule is [B]c1c2cc(Nc3nc(=O)n(-c4cncc(Cl)c4)c(=O)n3Cc3cc(F)c(F)cc3F)c(Cl)cc2nn1C. The Balaban J connectivity index is 1.71. The van der Waals surface area contributed by atoms with Crippen LogP contribution >= 0.6 is 23.2 Å². The highest BCUT2D eigenvalue weighted by Crippen LogP contribution is 2.29. The van der Waals surface area contributed by atoms with Crippen LogP contribution in [-0.4, -0.2) is 36.7 Å². The van der Waals surface area contributed by atoms with Gasteiger partial charge in [-0.25, -0.2) is 27.3 Å². The first kappa shape index (κ1) is 25.6. The van der Waals surface area contributed by atoms with Crippen molar-refractivity contribution in [2.24, 2.45) is 7.05 Å². The van der Waals surface area contributed by atoms with Crippen LogP contribution in [0.4, 0.5) is 24.8 Å². The first-order valence-corrected chi connectivity index (χ1v) is 11.5. The smallest absolute Gasteiger partial charge is 0.324 e. The van der Waals surface area contributed by atoms with Crippen molar-refractivity contribution in [2.45, 2.75) is 6.54 Å². The molecular weight excluding hydrogens is 545 g/mol. The van der Waals surface area contributed by atoms with E-state index in [1.807, 2.05) is 0 Å². The lowest BCUT2D eigenvalue weighted by molar-refractivity contribution is 0.487. The highest BCUT2D eigenvalue weighted by molar-refractivity contribution is 6.39.